The van der Waals surface area contributed by atoms with Crippen LogP contribution in [0.25, 0.3) is 22.6 Å². The first kappa shape index (κ1) is 32.0. The number of anilines is 3. The fourth-order valence-electron chi connectivity index (χ4n) is 5.02. The highest BCUT2D eigenvalue weighted by atomic mass is 16.6. The molecule has 0 unspecified atom stereocenters. The van der Waals surface area contributed by atoms with E-state index in [-0.39, 0.29) is 11.5 Å². The number of aromatic nitrogens is 1. The van der Waals surface area contributed by atoms with Crippen LogP contribution in [0.3, 0.4) is 0 Å². The van der Waals surface area contributed by atoms with Crippen LogP contribution in [0, 0.1) is 13.8 Å². The van der Waals surface area contributed by atoms with E-state index < -0.39 is 0 Å². The number of nitrogens with zero attached hydrogens (tertiary/aromatic N) is 2. The summed E-state index contributed by atoms with van der Waals surface area (Å²) in [5.41, 5.74) is 7.19. The van der Waals surface area contributed by atoms with E-state index in [4.69, 9.17) is 29.9 Å². The molecular weight excluding hydrogens is 588 g/mol. The molecule has 7 N–H and O–H groups in total. The Morgan fingerprint density at radius 2 is 1.65 bits per heavy atom. The molecule has 0 spiro atoms. The van der Waals surface area contributed by atoms with Gasteiger partial charge in [-0.3, -0.25) is 4.99 Å². The highest BCUT2D eigenvalue weighted by Gasteiger charge is 2.16. The molecule has 46 heavy (non-hydrogen) atoms. The standard InChI is InChI=1S/C17H17N3O2.C9H14N2O2.C8H9NO2/c1-3-18-11-7-16-13(6-10(11)2)20-14-9-15-12(8-17(14)22-16)19-4-5-21-15;1-3-11-7-5-8(12)9(13-10)4-6(7)2;10-6-1-2-8-7(5-6)9-3-4-11-8/h6-9,19H,3-5H2,1-2H3;4-5,11-12H,3,10H2,1-2H3;1-2,5,9-10H,3-4H2. The Labute approximate surface area is 267 Å². The van der Waals surface area contributed by atoms with E-state index in [9.17, 15) is 5.11 Å². The van der Waals surface area contributed by atoms with E-state index in [2.05, 4.69) is 25.8 Å². The Bertz CT molecular complexity index is 1860. The molecule has 0 aromatic heterocycles. The second kappa shape index (κ2) is 14.6. The Balaban J connectivity index is 0.000000148. The van der Waals surface area contributed by atoms with Crippen LogP contribution in [0.1, 0.15) is 25.0 Å². The summed E-state index contributed by atoms with van der Waals surface area (Å²) in [6.07, 6.45) is 0. The molecule has 3 aromatic carbocycles. The van der Waals surface area contributed by atoms with Crippen LogP contribution in [0.5, 0.6) is 28.7 Å². The topological polar surface area (TPSA) is 169 Å². The number of phenols is 2. The average molecular weight is 629 g/mol. The van der Waals surface area contributed by atoms with Gasteiger partial charge in [0.15, 0.2) is 22.8 Å². The maximum absolute atomic E-state index is 9.40. The molecule has 7 rings (SSSR count). The van der Waals surface area contributed by atoms with Crippen molar-refractivity contribution in [3.05, 3.63) is 71.1 Å². The Morgan fingerprint density at radius 3 is 2.37 bits per heavy atom. The van der Waals surface area contributed by atoms with Crippen LogP contribution in [0.4, 0.5) is 17.1 Å². The van der Waals surface area contributed by atoms with E-state index in [1.54, 1.807) is 30.3 Å². The van der Waals surface area contributed by atoms with Gasteiger partial charge in [0.1, 0.15) is 41.7 Å². The average Bonchev–Trinajstić information content (AvgIpc) is 3.05. The third kappa shape index (κ3) is 7.46. The maximum atomic E-state index is 9.40. The van der Waals surface area contributed by atoms with Crippen molar-refractivity contribution in [1.82, 2.24) is 4.98 Å². The zero-order valence-corrected chi connectivity index (χ0v) is 26.4. The van der Waals surface area contributed by atoms with E-state index in [1.165, 1.54) is 0 Å². The molecule has 1 aliphatic carbocycles. The monoisotopic (exact) mass is 628 g/mol. The summed E-state index contributed by atoms with van der Waals surface area (Å²) in [5, 5.41) is 29.0. The predicted molar refractivity (Wildman–Crippen MR) is 179 cm³/mol. The van der Waals surface area contributed by atoms with Crippen LogP contribution in [-0.4, -0.2) is 54.6 Å². The number of fused-ring (bicyclic) bond motifs is 4. The van der Waals surface area contributed by atoms with Crippen molar-refractivity contribution in [3.63, 3.8) is 0 Å². The van der Waals surface area contributed by atoms with Gasteiger partial charge in [0.05, 0.1) is 16.7 Å². The van der Waals surface area contributed by atoms with Crippen molar-refractivity contribution in [2.75, 3.05) is 55.3 Å². The lowest BCUT2D eigenvalue weighted by molar-refractivity contribution is 0.312. The minimum absolute atomic E-state index is 0.0454. The molecule has 0 saturated carbocycles. The zero-order valence-electron chi connectivity index (χ0n) is 26.4. The molecule has 0 amide bonds. The summed E-state index contributed by atoms with van der Waals surface area (Å²) >= 11 is 0. The minimum atomic E-state index is 0.0454. The van der Waals surface area contributed by atoms with Crippen molar-refractivity contribution in [2.24, 2.45) is 10.9 Å². The summed E-state index contributed by atoms with van der Waals surface area (Å²) in [5.74, 6) is 7.96. The number of aryl methyl sites for hydroxylation is 2. The summed E-state index contributed by atoms with van der Waals surface area (Å²) in [4.78, 5) is 13.7. The van der Waals surface area contributed by atoms with Gasteiger partial charge in [-0.15, -0.1) is 0 Å². The second-order valence-electron chi connectivity index (χ2n) is 10.6. The van der Waals surface area contributed by atoms with Gasteiger partial charge in [-0.2, -0.15) is 5.90 Å². The van der Waals surface area contributed by atoms with E-state index in [0.29, 0.717) is 19.0 Å². The van der Waals surface area contributed by atoms with Gasteiger partial charge in [-0.05, 0) is 63.1 Å². The van der Waals surface area contributed by atoms with Crippen molar-refractivity contribution in [1.29, 1.82) is 0 Å². The normalized spacial score (nSPS) is 13.3. The van der Waals surface area contributed by atoms with Crippen molar-refractivity contribution in [2.45, 2.75) is 27.7 Å². The molecule has 0 bridgehead atoms. The SMILES string of the molecule is CCN=c1cc2oc3cc4c(cc3nc-2cc1C)OCCN4.CCNc1cc(O)c(ON)cc1C.Oc1ccc2c(c1)NCCO2. The lowest BCUT2D eigenvalue weighted by Gasteiger charge is -2.19. The summed E-state index contributed by atoms with van der Waals surface area (Å²) < 4.78 is 17.0. The van der Waals surface area contributed by atoms with Gasteiger partial charge < -0.3 is 44.9 Å². The van der Waals surface area contributed by atoms with E-state index >= 15 is 0 Å². The molecule has 4 aliphatic rings. The molecule has 3 aliphatic heterocycles. The lowest BCUT2D eigenvalue weighted by Crippen LogP contribution is -2.17. The fourth-order valence-corrected chi connectivity index (χ4v) is 5.02. The van der Waals surface area contributed by atoms with Crippen LogP contribution < -0.4 is 41.5 Å². The van der Waals surface area contributed by atoms with Crippen LogP contribution >= 0.6 is 0 Å². The number of rotatable bonds is 4. The molecule has 12 nitrogen and oxygen atoms in total. The molecule has 12 heteroatoms. The Kier molecular flexibility index (Phi) is 10.2. The Morgan fingerprint density at radius 1 is 0.913 bits per heavy atom. The molecule has 242 valence electrons. The highest BCUT2D eigenvalue weighted by Crippen LogP contribution is 2.34. The number of nitrogens with one attached hydrogen (secondary N) is 3. The Hall–Kier alpha value is -5.36. The van der Waals surface area contributed by atoms with Gasteiger partial charge >= 0.3 is 0 Å². The molecule has 3 aromatic rings. The molecule has 0 radical (unpaired) electrons. The van der Waals surface area contributed by atoms with Gasteiger partial charge in [-0.25, -0.2) is 4.98 Å². The van der Waals surface area contributed by atoms with E-state index in [0.717, 1.165) is 93.8 Å². The van der Waals surface area contributed by atoms with Crippen molar-refractivity contribution < 1.29 is 28.9 Å². The largest absolute Gasteiger partial charge is 0.508 e. The maximum Gasteiger partial charge on any atom is 0.188 e. The number of nitrogens with two attached hydrogens (primary N) is 1. The van der Waals surface area contributed by atoms with Gasteiger partial charge in [0.25, 0.3) is 0 Å². The quantitative estimate of drug-likeness (QED) is 0.109. The van der Waals surface area contributed by atoms with Gasteiger partial charge in [0, 0.05) is 62.2 Å². The van der Waals surface area contributed by atoms with Crippen LogP contribution in [-0.2, 0) is 0 Å². The van der Waals surface area contributed by atoms with Crippen molar-refractivity contribution >= 4 is 28.2 Å². The first-order valence-corrected chi connectivity index (χ1v) is 15.2. The van der Waals surface area contributed by atoms with E-state index in [1.807, 2.05) is 52.0 Å². The zero-order chi connectivity index (χ0) is 32.6. The molecule has 0 saturated heterocycles. The smallest absolute Gasteiger partial charge is 0.188 e. The van der Waals surface area contributed by atoms with Crippen LogP contribution in [0.15, 0.2) is 64.0 Å². The first-order chi connectivity index (χ1) is 22.3. The number of ether oxygens (including phenoxy) is 2. The minimum Gasteiger partial charge on any atom is -0.508 e. The summed E-state index contributed by atoms with van der Waals surface area (Å²) in [6, 6.07) is 16.2. The van der Waals surface area contributed by atoms with Gasteiger partial charge in [-0.1, -0.05) is 0 Å². The fraction of sp³-hybridized carbons (Fsp3) is 0.294. The molecule has 0 atom stereocenters. The summed E-state index contributed by atoms with van der Waals surface area (Å²) in [6.45, 7) is 12.5. The number of aromatic hydroxyl groups is 2. The lowest BCUT2D eigenvalue weighted by atomic mass is 10.1. The molecular formula is C34H40N6O6. The van der Waals surface area contributed by atoms with Crippen LogP contribution in [0.2, 0.25) is 0 Å². The first-order valence-electron chi connectivity index (χ1n) is 15.2. The molecule has 0 fully saturated rings. The third-order valence-corrected chi connectivity index (χ3v) is 7.24. The second-order valence-corrected chi connectivity index (χ2v) is 10.6. The summed E-state index contributed by atoms with van der Waals surface area (Å²) in [7, 11) is 0. The van der Waals surface area contributed by atoms with Crippen molar-refractivity contribution in [3.8, 4) is 40.2 Å². The van der Waals surface area contributed by atoms with Gasteiger partial charge in [0.2, 0.25) is 0 Å². The number of hydrogen-bond acceptors (Lipinski definition) is 12. The number of phenolic OH excluding ortho intramolecular Hbond substituents is 2. The number of benzene rings is 4. The third-order valence-electron chi connectivity index (χ3n) is 7.24. The highest BCUT2D eigenvalue weighted by molar-refractivity contribution is 5.83. The number of hydrogen-bond donors (Lipinski definition) is 6. The predicted octanol–water partition coefficient (Wildman–Crippen LogP) is 5.55. The molecule has 3 heterocycles.